The van der Waals surface area contributed by atoms with Crippen molar-refractivity contribution in [1.29, 1.82) is 0 Å². The Morgan fingerprint density at radius 2 is 1.62 bits per heavy atom. The summed E-state index contributed by atoms with van der Waals surface area (Å²) < 4.78 is 0. The van der Waals surface area contributed by atoms with Crippen molar-refractivity contribution in [1.82, 2.24) is 0 Å². The van der Waals surface area contributed by atoms with Crippen LogP contribution in [0.5, 0.6) is 0 Å². The summed E-state index contributed by atoms with van der Waals surface area (Å²) in [6.45, 7) is 4.41. The zero-order chi connectivity index (χ0) is 14.7. The monoisotopic (exact) mass is 275 g/mol. The lowest BCUT2D eigenvalue weighted by molar-refractivity contribution is 0.736. The van der Waals surface area contributed by atoms with E-state index in [0.717, 1.165) is 0 Å². The summed E-state index contributed by atoms with van der Waals surface area (Å²) in [5.41, 5.74) is 8.43. The van der Waals surface area contributed by atoms with Crippen molar-refractivity contribution in [3.8, 4) is 0 Å². The topological polar surface area (TPSA) is 0 Å². The number of unbranched alkanes of at least 4 members (excludes halogenated alkanes) is 2. The van der Waals surface area contributed by atoms with Crippen LogP contribution >= 0.6 is 0 Å². The molecule has 1 radical (unpaired) electrons. The highest BCUT2D eigenvalue weighted by atomic mass is 14.3. The minimum absolute atomic E-state index is 1.19. The van der Waals surface area contributed by atoms with E-state index >= 15 is 0 Å². The van der Waals surface area contributed by atoms with Gasteiger partial charge in [-0.3, -0.25) is 0 Å². The molecule has 0 aliphatic heterocycles. The fourth-order valence-electron chi connectivity index (χ4n) is 3.10. The molecule has 3 rings (SSSR count). The van der Waals surface area contributed by atoms with Gasteiger partial charge >= 0.3 is 0 Å². The van der Waals surface area contributed by atoms with Crippen molar-refractivity contribution < 1.29 is 0 Å². The van der Waals surface area contributed by atoms with Gasteiger partial charge in [-0.2, -0.15) is 0 Å². The third kappa shape index (κ3) is 2.95. The highest BCUT2D eigenvalue weighted by Crippen LogP contribution is 2.42. The van der Waals surface area contributed by atoms with Crippen LogP contribution < -0.4 is 0 Å². The number of benzene rings is 2. The van der Waals surface area contributed by atoms with Crippen LogP contribution in [0.3, 0.4) is 0 Å². The lowest BCUT2D eigenvalue weighted by atomic mass is 9.95. The van der Waals surface area contributed by atoms with E-state index in [9.17, 15) is 0 Å². The van der Waals surface area contributed by atoms with Crippen molar-refractivity contribution in [2.75, 3.05) is 0 Å². The van der Waals surface area contributed by atoms with E-state index in [2.05, 4.69) is 68.8 Å². The molecule has 0 fully saturated rings. The minimum atomic E-state index is 1.19. The molecular weight excluding hydrogens is 252 g/mol. The molecule has 2 aromatic rings. The molecule has 0 N–H and O–H groups in total. The largest absolute Gasteiger partial charge is 0.0654 e. The van der Waals surface area contributed by atoms with E-state index in [1.54, 1.807) is 0 Å². The molecule has 0 saturated carbocycles. The van der Waals surface area contributed by atoms with Gasteiger partial charge in [-0.25, -0.2) is 0 Å². The lowest BCUT2D eigenvalue weighted by Crippen LogP contribution is -1.87. The van der Waals surface area contributed by atoms with Crippen molar-refractivity contribution in [3.63, 3.8) is 0 Å². The fraction of sp³-hybridized carbons (Fsp3) is 0.286. The van der Waals surface area contributed by atoms with Crippen LogP contribution in [-0.4, -0.2) is 0 Å². The van der Waals surface area contributed by atoms with E-state index in [-0.39, 0.29) is 0 Å². The normalized spacial score (nSPS) is 13.6. The summed E-state index contributed by atoms with van der Waals surface area (Å²) in [6, 6.07) is 17.7. The standard InChI is InChI=1S/C21H23/c1-3-4-5-10-20-19-9-7-6-8-18(19)15-21(20)17-13-11-16(2)12-14-17/h6-9,11-15H,3-5,10H2,1-2H3. The molecule has 2 aromatic carbocycles. The second-order valence-corrected chi connectivity index (χ2v) is 5.95. The van der Waals surface area contributed by atoms with Crippen LogP contribution in [0, 0.1) is 13.3 Å². The van der Waals surface area contributed by atoms with Gasteiger partial charge < -0.3 is 0 Å². The smallest absolute Gasteiger partial charge is 0.0214 e. The molecule has 21 heavy (non-hydrogen) atoms. The Bertz CT molecular complexity index is 644. The van der Waals surface area contributed by atoms with Gasteiger partial charge in [0.2, 0.25) is 0 Å². The third-order valence-corrected chi connectivity index (χ3v) is 4.30. The average molecular weight is 275 g/mol. The predicted octanol–water partition coefficient (Wildman–Crippen LogP) is 6.05. The van der Waals surface area contributed by atoms with Crippen LogP contribution in [0.25, 0.3) is 11.1 Å². The molecule has 1 aliphatic carbocycles. The second-order valence-electron chi connectivity index (χ2n) is 5.95. The van der Waals surface area contributed by atoms with E-state index < -0.39 is 0 Å². The molecule has 0 amide bonds. The van der Waals surface area contributed by atoms with Crippen LogP contribution in [-0.2, 0) is 0 Å². The molecule has 1 aliphatic rings. The molecule has 0 saturated heterocycles. The third-order valence-electron chi connectivity index (χ3n) is 4.30. The number of rotatable bonds is 5. The summed E-state index contributed by atoms with van der Waals surface area (Å²) in [6.07, 6.45) is 7.42. The van der Waals surface area contributed by atoms with Crippen molar-refractivity contribution in [2.24, 2.45) is 0 Å². The van der Waals surface area contributed by atoms with Gasteiger partial charge in [0.05, 0.1) is 0 Å². The molecule has 0 aromatic heterocycles. The van der Waals surface area contributed by atoms with Gasteiger partial charge in [-0.1, -0.05) is 73.9 Å². The molecule has 0 nitrogen and oxygen atoms in total. The fourth-order valence-corrected chi connectivity index (χ4v) is 3.10. The summed E-state index contributed by atoms with van der Waals surface area (Å²) >= 11 is 0. The van der Waals surface area contributed by atoms with E-state index in [4.69, 9.17) is 0 Å². The number of aryl methyl sites for hydroxylation is 1. The van der Waals surface area contributed by atoms with Gasteiger partial charge in [-0.15, -0.1) is 0 Å². The van der Waals surface area contributed by atoms with Crippen LogP contribution in [0.4, 0.5) is 0 Å². The molecule has 0 atom stereocenters. The number of hydrogen-bond acceptors (Lipinski definition) is 0. The Kier molecular flexibility index (Phi) is 4.24. The Hall–Kier alpha value is -1.82. The van der Waals surface area contributed by atoms with E-state index in [1.807, 2.05) is 0 Å². The zero-order valence-electron chi connectivity index (χ0n) is 13.0. The lowest BCUT2D eigenvalue weighted by Gasteiger charge is -2.09. The van der Waals surface area contributed by atoms with Crippen LogP contribution in [0.1, 0.15) is 54.9 Å². The van der Waals surface area contributed by atoms with E-state index in [0.29, 0.717) is 0 Å². The summed E-state index contributed by atoms with van der Waals surface area (Å²) in [7, 11) is 0. The zero-order valence-corrected chi connectivity index (χ0v) is 13.0. The highest BCUT2D eigenvalue weighted by molar-refractivity contribution is 6.02. The maximum atomic E-state index is 2.36. The average Bonchev–Trinajstić information content (AvgIpc) is 2.87. The first-order valence-electron chi connectivity index (χ1n) is 8.04. The molecule has 0 heterocycles. The first-order chi connectivity index (χ1) is 10.3. The molecule has 0 spiro atoms. The second kappa shape index (κ2) is 6.30. The first-order valence-corrected chi connectivity index (χ1v) is 8.04. The molecular formula is C21H23. The van der Waals surface area contributed by atoms with Gasteiger partial charge in [0.1, 0.15) is 0 Å². The number of allylic oxidation sites excluding steroid dienone is 2. The highest BCUT2D eigenvalue weighted by Gasteiger charge is 2.21. The molecule has 0 bridgehead atoms. The Morgan fingerprint density at radius 1 is 0.857 bits per heavy atom. The number of hydrogen-bond donors (Lipinski definition) is 0. The molecule has 107 valence electrons. The summed E-state index contributed by atoms with van der Waals surface area (Å²) in [5.74, 6) is 0. The van der Waals surface area contributed by atoms with Crippen molar-refractivity contribution in [2.45, 2.75) is 39.5 Å². The van der Waals surface area contributed by atoms with Gasteiger partial charge in [0.15, 0.2) is 0 Å². The molecule has 0 unspecified atom stereocenters. The molecule has 0 heteroatoms. The Balaban J connectivity index is 1.97. The maximum Gasteiger partial charge on any atom is 0.0214 e. The van der Waals surface area contributed by atoms with Gasteiger partial charge in [0, 0.05) is 6.42 Å². The van der Waals surface area contributed by atoms with E-state index in [1.165, 1.54) is 59.1 Å². The summed E-state index contributed by atoms with van der Waals surface area (Å²) in [5, 5.41) is 0. The SMILES string of the molecule is CCCCCC1=C(c2ccc(C)cc2)[CH]c2ccccc21. The van der Waals surface area contributed by atoms with Crippen molar-refractivity contribution >= 4 is 11.1 Å². The van der Waals surface area contributed by atoms with Crippen LogP contribution in [0.15, 0.2) is 48.5 Å². The number of fused-ring (bicyclic) bond motifs is 1. The quantitative estimate of drug-likeness (QED) is 0.582. The minimum Gasteiger partial charge on any atom is -0.0654 e. The van der Waals surface area contributed by atoms with Crippen molar-refractivity contribution in [3.05, 3.63) is 77.2 Å². The van der Waals surface area contributed by atoms with Gasteiger partial charge in [0.25, 0.3) is 0 Å². The van der Waals surface area contributed by atoms with Crippen LogP contribution in [0.2, 0.25) is 0 Å². The Morgan fingerprint density at radius 3 is 2.38 bits per heavy atom. The Labute approximate surface area is 128 Å². The first kappa shape index (κ1) is 14.1. The predicted molar refractivity (Wildman–Crippen MR) is 92.0 cm³/mol. The summed E-state index contributed by atoms with van der Waals surface area (Å²) in [4.78, 5) is 0. The maximum absolute atomic E-state index is 2.36. The van der Waals surface area contributed by atoms with Gasteiger partial charge in [-0.05, 0) is 47.6 Å².